The number of sulfonamides is 1. The Morgan fingerprint density at radius 2 is 1.89 bits per heavy atom. The Labute approximate surface area is 175 Å². The molecule has 2 aromatic rings. The summed E-state index contributed by atoms with van der Waals surface area (Å²) in [6.45, 7) is 1.14. The van der Waals surface area contributed by atoms with Gasteiger partial charge in [0, 0.05) is 15.7 Å². The van der Waals surface area contributed by atoms with Crippen molar-refractivity contribution in [3.63, 3.8) is 0 Å². The number of benzene rings is 2. The molecule has 2 rings (SSSR count). The number of nitro benzene ring substituents is 1. The van der Waals surface area contributed by atoms with Gasteiger partial charge in [-0.1, -0.05) is 18.2 Å². The first kappa shape index (κ1) is 21.8. The standard InChI is InChI=1S/C17H17IN4O5S/c1-12(13-6-8-14(18)9-7-13)19-20-17(23)11-21(28(2,26)27)15-4-3-5-16(10-15)22(24)25/h3-10H,11H2,1-2H3,(H,20,23)/b19-12-. The second-order valence-electron chi connectivity index (χ2n) is 5.79. The molecular weight excluding hydrogens is 499 g/mol. The quantitative estimate of drug-likeness (QED) is 0.262. The van der Waals surface area contributed by atoms with Crippen LogP contribution < -0.4 is 9.73 Å². The number of rotatable bonds is 7. The molecule has 0 unspecified atom stereocenters. The summed E-state index contributed by atoms with van der Waals surface area (Å²) in [7, 11) is -3.85. The third-order valence-electron chi connectivity index (χ3n) is 3.63. The largest absolute Gasteiger partial charge is 0.271 e. The smallest absolute Gasteiger partial charge is 0.271 e. The van der Waals surface area contributed by atoms with Crippen molar-refractivity contribution in [2.45, 2.75) is 6.92 Å². The molecule has 0 saturated carbocycles. The van der Waals surface area contributed by atoms with E-state index in [1.165, 1.54) is 18.2 Å². The van der Waals surface area contributed by atoms with Crippen LogP contribution in [0.3, 0.4) is 0 Å². The van der Waals surface area contributed by atoms with Crippen LogP contribution in [-0.4, -0.2) is 37.8 Å². The predicted octanol–water partition coefficient (Wildman–Crippen LogP) is 2.51. The van der Waals surface area contributed by atoms with Crippen LogP contribution in [0.25, 0.3) is 0 Å². The van der Waals surface area contributed by atoms with Gasteiger partial charge in [-0.3, -0.25) is 19.2 Å². The molecule has 2 aromatic carbocycles. The molecule has 148 valence electrons. The third-order valence-corrected chi connectivity index (χ3v) is 5.49. The van der Waals surface area contributed by atoms with E-state index in [1.54, 1.807) is 6.92 Å². The molecule has 0 aliphatic rings. The van der Waals surface area contributed by atoms with Gasteiger partial charge in [-0.15, -0.1) is 0 Å². The number of nitrogens with one attached hydrogen (secondary N) is 1. The fourth-order valence-electron chi connectivity index (χ4n) is 2.23. The van der Waals surface area contributed by atoms with Gasteiger partial charge in [0.15, 0.2) is 0 Å². The van der Waals surface area contributed by atoms with Crippen LogP contribution in [0.4, 0.5) is 11.4 Å². The van der Waals surface area contributed by atoms with E-state index < -0.39 is 27.4 Å². The summed E-state index contributed by atoms with van der Waals surface area (Å²) < 4.78 is 26.0. The lowest BCUT2D eigenvalue weighted by Gasteiger charge is -2.21. The lowest BCUT2D eigenvalue weighted by atomic mass is 10.1. The summed E-state index contributed by atoms with van der Waals surface area (Å²) in [6, 6.07) is 12.5. The summed E-state index contributed by atoms with van der Waals surface area (Å²) in [6.07, 6.45) is 0.916. The van der Waals surface area contributed by atoms with Crippen molar-refractivity contribution in [2.75, 3.05) is 17.1 Å². The Morgan fingerprint density at radius 3 is 2.46 bits per heavy atom. The molecule has 0 radical (unpaired) electrons. The van der Waals surface area contributed by atoms with Crippen molar-refractivity contribution in [3.8, 4) is 0 Å². The zero-order chi connectivity index (χ0) is 20.9. The maximum Gasteiger partial charge on any atom is 0.271 e. The van der Waals surface area contributed by atoms with Crippen LogP contribution in [0, 0.1) is 13.7 Å². The molecule has 0 atom stereocenters. The van der Waals surface area contributed by atoms with Crippen molar-refractivity contribution in [1.29, 1.82) is 0 Å². The highest BCUT2D eigenvalue weighted by atomic mass is 127. The number of nitrogens with zero attached hydrogens (tertiary/aromatic N) is 3. The number of non-ortho nitro benzene ring substituents is 1. The molecule has 0 aliphatic heterocycles. The Morgan fingerprint density at radius 1 is 1.25 bits per heavy atom. The molecule has 0 spiro atoms. The summed E-state index contributed by atoms with van der Waals surface area (Å²) >= 11 is 2.17. The molecule has 0 aliphatic carbocycles. The highest BCUT2D eigenvalue weighted by Crippen LogP contribution is 2.22. The number of hydrogen-bond acceptors (Lipinski definition) is 6. The van der Waals surface area contributed by atoms with Crippen molar-refractivity contribution >= 4 is 55.6 Å². The van der Waals surface area contributed by atoms with Gasteiger partial charge in [0.25, 0.3) is 11.6 Å². The fourth-order valence-corrected chi connectivity index (χ4v) is 3.44. The number of amides is 1. The Bertz CT molecular complexity index is 1020. The van der Waals surface area contributed by atoms with Crippen LogP contribution in [0.5, 0.6) is 0 Å². The number of carbonyl (C=O) groups excluding carboxylic acids is 1. The highest BCUT2D eigenvalue weighted by molar-refractivity contribution is 14.1. The van der Waals surface area contributed by atoms with E-state index >= 15 is 0 Å². The minimum atomic E-state index is -3.85. The second kappa shape index (κ2) is 9.10. The molecule has 0 fully saturated rings. The van der Waals surface area contributed by atoms with Crippen molar-refractivity contribution in [1.82, 2.24) is 5.43 Å². The molecule has 11 heteroatoms. The van der Waals surface area contributed by atoms with Gasteiger partial charge in [0.05, 0.1) is 22.6 Å². The van der Waals surface area contributed by atoms with Gasteiger partial charge in [-0.25, -0.2) is 13.8 Å². The molecule has 0 bridgehead atoms. The first-order valence-electron chi connectivity index (χ1n) is 7.89. The zero-order valence-electron chi connectivity index (χ0n) is 15.0. The van der Waals surface area contributed by atoms with Crippen LogP contribution in [0.15, 0.2) is 53.6 Å². The summed E-state index contributed by atoms with van der Waals surface area (Å²) in [5, 5.41) is 14.9. The second-order valence-corrected chi connectivity index (χ2v) is 8.94. The van der Waals surface area contributed by atoms with Crippen molar-refractivity contribution in [2.24, 2.45) is 5.10 Å². The predicted molar refractivity (Wildman–Crippen MR) is 115 cm³/mol. The summed E-state index contributed by atoms with van der Waals surface area (Å²) in [5.74, 6) is -0.679. The maximum atomic E-state index is 12.2. The molecule has 1 amide bonds. The molecule has 0 saturated heterocycles. The normalized spacial score (nSPS) is 11.8. The monoisotopic (exact) mass is 516 g/mol. The Balaban J connectivity index is 2.18. The third kappa shape index (κ3) is 5.99. The lowest BCUT2D eigenvalue weighted by molar-refractivity contribution is -0.384. The Kier molecular flexibility index (Phi) is 7.07. The first-order chi connectivity index (χ1) is 13.1. The number of halogens is 1. The van der Waals surface area contributed by atoms with E-state index in [0.29, 0.717) is 5.71 Å². The molecule has 28 heavy (non-hydrogen) atoms. The van der Waals surface area contributed by atoms with E-state index in [1.807, 2.05) is 24.3 Å². The molecule has 0 heterocycles. The molecular formula is C17H17IN4O5S. The minimum Gasteiger partial charge on any atom is -0.271 e. The van der Waals surface area contributed by atoms with Crippen LogP contribution in [0.1, 0.15) is 12.5 Å². The Hall–Kier alpha value is -2.54. The van der Waals surface area contributed by atoms with Crippen molar-refractivity contribution in [3.05, 3.63) is 67.8 Å². The van der Waals surface area contributed by atoms with E-state index in [2.05, 4.69) is 33.1 Å². The number of carbonyl (C=O) groups is 1. The van der Waals surface area contributed by atoms with Gasteiger partial charge in [-0.2, -0.15) is 5.10 Å². The first-order valence-corrected chi connectivity index (χ1v) is 10.8. The van der Waals surface area contributed by atoms with Crippen LogP contribution >= 0.6 is 22.6 Å². The van der Waals surface area contributed by atoms with Gasteiger partial charge < -0.3 is 0 Å². The number of hydrazone groups is 1. The SMILES string of the molecule is C/C(=N/NC(=O)CN(c1cccc([N+](=O)[O-])c1)S(C)(=O)=O)c1ccc(I)cc1. The van der Waals surface area contributed by atoms with Crippen LogP contribution in [0.2, 0.25) is 0 Å². The van der Waals surface area contributed by atoms with E-state index in [0.717, 1.165) is 25.8 Å². The van der Waals surface area contributed by atoms with E-state index in [-0.39, 0.29) is 11.4 Å². The van der Waals surface area contributed by atoms with E-state index in [9.17, 15) is 23.3 Å². The summed E-state index contributed by atoms with van der Waals surface area (Å²) in [5.41, 5.74) is 3.40. The highest BCUT2D eigenvalue weighted by Gasteiger charge is 2.22. The average Bonchev–Trinajstić information content (AvgIpc) is 2.64. The maximum absolute atomic E-state index is 12.2. The molecule has 0 aromatic heterocycles. The van der Waals surface area contributed by atoms with Gasteiger partial charge in [0.2, 0.25) is 10.0 Å². The molecule has 1 N–H and O–H groups in total. The van der Waals surface area contributed by atoms with Crippen molar-refractivity contribution < 1.29 is 18.1 Å². The van der Waals surface area contributed by atoms with E-state index in [4.69, 9.17) is 0 Å². The number of anilines is 1. The topological polar surface area (TPSA) is 122 Å². The lowest BCUT2D eigenvalue weighted by Crippen LogP contribution is -2.39. The van der Waals surface area contributed by atoms with Gasteiger partial charge >= 0.3 is 0 Å². The van der Waals surface area contributed by atoms with Crippen LogP contribution in [-0.2, 0) is 14.8 Å². The fraction of sp³-hybridized carbons (Fsp3) is 0.176. The van der Waals surface area contributed by atoms with Gasteiger partial charge in [0.1, 0.15) is 6.54 Å². The number of nitro groups is 1. The number of hydrogen-bond donors (Lipinski definition) is 1. The zero-order valence-corrected chi connectivity index (χ0v) is 18.0. The molecule has 9 nitrogen and oxygen atoms in total. The minimum absolute atomic E-state index is 0.0187. The summed E-state index contributed by atoms with van der Waals surface area (Å²) in [4.78, 5) is 22.5. The van der Waals surface area contributed by atoms with Gasteiger partial charge in [-0.05, 0) is 53.3 Å². The average molecular weight is 516 g/mol.